The lowest BCUT2D eigenvalue weighted by atomic mass is 9.96. The van der Waals surface area contributed by atoms with Crippen molar-refractivity contribution in [3.8, 4) is 0 Å². The van der Waals surface area contributed by atoms with Crippen molar-refractivity contribution in [3.05, 3.63) is 29.8 Å². The third-order valence-corrected chi connectivity index (χ3v) is 3.76. The van der Waals surface area contributed by atoms with Crippen LogP contribution < -0.4 is 5.32 Å². The Kier molecular flexibility index (Phi) is 5.28. The molecule has 1 atom stereocenters. The Hall–Kier alpha value is -1.00. The summed E-state index contributed by atoms with van der Waals surface area (Å²) >= 11 is 0. The molecule has 4 heteroatoms. The molecule has 1 aliphatic heterocycles. The van der Waals surface area contributed by atoms with E-state index in [2.05, 4.69) is 29.0 Å². The van der Waals surface area contributed by atoms with Crippen molar-refractivity contribution in [1.29, 1.82) is 0 Å². The standard InChI is InChI=1S/C15H24FN3/c1-12(2)5-6-14(19-10-8-17-9-11-19)13-4-3-7-18-15(13)16/h3-4,7,12,14,17H,5-6,8-11H2,1-2H3/t14-/m0/s1. The van der Waals surface area contributed by atoms with Gasteiger partial charge < -0.3 is 5.32 Å². The van der Waals surface area contributed by atoms with Gasteiger partial charge in [-0.3, -0.25) is 4.90 Å². The summed E-state index contributed by atoms with van der Waals surface area (Å²) < 4.78 is 14.0. The van der Waals surface area contributed by atoms with Gasteiger partial charge in [0.2, 0.25) is 5.95 Å². The van der Waals surface area contributed by atoms with Gasteiger partial charge in [-0.05, 0) is 24.8 Å². The minimum Gasteiger partial charge on any atom is -0.314 e. The Morgan fingerprint density at radius 2 is 2.05 bits per heavy atom. The fourth-order valence-electron chi connectivity index (χ4n) is 2.67. The number of hydrogen-bond donors (Lipinski definition) is 1. The van der Waals surface area contributed by atoms with Crippen LogP contribution in [0.25, 0.3) is 0 Å². The number of hydrogen-bond acceptors (Lipinski definition) is 3. The Bertz CT molecular complexity index is 389. The van der Waals surface area contributed by atoms with E-state index in [9.17, 15) is 4.39 Å². The summed E-state index contributed by atoms with van der Waals surface area (Å²) in [6.07, 6.45) is 3.64. The highest BCUT2D eigenvalue weighted by Gasteiger charge is 2.24. The molecule has 1 aliphatic rings. The highest BCUT2D eigenvalue weighted by atomic mass is 19.1. The number of nitrogens with one attached hydrogen (secondary N) is 1. The monoisotopic (exact) mass is 265 g/mol. The van der Waals surface area contributed by atoms with E-state index in [1.807, 2.05) is 12.1 Å². The second kappa shape index (κ2) is 6.96. The molecule has 1 saturated heterocycles. The Labute approximate surface area is 115 Å². The van der Waals surface area contributed by atoms with Crippen LogP contribution in [0, 0.1) is 11.9 Å². The van der Waals surface area contributed by atoms with Crippen LogP contribution in [0.5, 0.6) is 0 Å². The van der Waals surface area contributed by atoms with E-state index in [1.54, 1.807) is 0 Å². The van der Waals surface area contributed by atoms with E-state index in [4.69, 9.17) is 0 Å². The van der Waals surface area contributed by atoms with E-state index < -0.39 is 0 Å². The van der Waals surface area contributed by atoms with E-state index in [0.717, 1.165) is 44.6 Å². The number of rotatable bonds is 5. The van der Waals surface area contributed by atoms with E-state index in [0.29, 0.717) is 5.92 Å². The largest absolute Gasteiger partial charge is 0.314 e. The van der Waals surface area contributed by atoms with Gasteiger partial charge in [-0.2, -0.15) is 4.39 Å². The first-order valence-electron chi connectivity index (χ1n) is 7.23. The lowest BCUT2D eigenvalue weighted by Crippen LogP contribution is -2.45. The molecule has 0 aliphatic carbocycles. The van der Waals surface area contributed by atoms with Crippen molar-refractivity contribution in [2.24, 2.45) is 5.92 Å². The minimum atomic E-state index is -0.310. The van der Waals surface area contributed by atoms with Crippen LogP contribution in [-0.4, -0.2) is 36.1 Å². The van der Waals surface area contributed by atoms with Gasteiger partial charge in [-0.15, -0.1) is 0 Å². The summed E-state index contributed by atoms with van der Waals surface area (Å²) in [6, 6.07) is 3.89. The molecule has 106 valence electrons. The van der Waals surface area contributed by atoms with Crippen molar-refractivity contribution < 1.29 is 4.39 Å². The molecule has 3 nitrogen and oxygen atoms in total. The van der Waals surface area contributed by atoms with Crippen molar-refractivity contribution >= 4 is 0 Å². The van der Waals surface area contributed by atoms with E-state index >= 15 is 0 Å². The zero-order valence-corrected chi connectivity index (χ0v) is 11.9. The molecule has 0 aromatic carbocycles. The van der Waals surface area contributed by atoms with Crippen LogP contribution in [0.4, 0.5) is 4.39 Å². The maximum Gasteiger partial charge on any atom is 0.217 e. The van der Waals surface area contributed by atoms with Gasteiger partial charge in [0.1, 0.15) is 0 Å². The third-order valence-electron chi connectivity index (χ3n) is 3.76. The second-order valence-corrected chi connectivity index (χ2v) is 5.66. The van der Waals surface area contributed by atoms with Gasteiger partial charge in [-0.25, -0.2) is 4.98 Å². The molecule has 0 amide bonds. The summed E-state index contributed by atoms with van der Waals surface area (Å²) in [6.45, 7) is 8.37. The molecule has 1 aromatic heterocycles. The first kappa shape index (κ1) is 14.4. The molecule has 0 bridgehead atoms. The molecule has 2 rings (SSSR count). The first-order chi connectivity index (χ1) is 9.18. The fraction of sp³-hybridized carbons (Fsp3) is 0.667. The zero-order chi connectivity index (χ0) is 13.7. The normalized spacial score (nSPS) is 18.7. The molecular weight excluding hydrogens is 241 g/mol. The highest BCUT2D eigenvalue weighted by Crippen LogP contribution is 2.28. The maximum absolute atomic E-state index is 14.0. The lowest BCUT2D eigenvalue weighted by molar-refractivity contribution is 0.156. The number of halogens is 1. The molecule has 2 heterocycles. The summed E-state index contributed by atoms with van der Waals surface area (Å²) in [4.78, 5) is 6.20. The third kappa shape index (κ3) is 3.98. The number of piperazine rings is 1. The number of nitrogens with zero attached hydrogens (tertiary/aromatic N) is 2. The first-order valence-corrected chi connectivity index (χ1v) is 7.23. The van der Waals surface area contributed by atoms with Gasteiger partial charge in [0.05, 0.1) is 0 Å². The average Bonchev–Trinajstić information content (AvgIpc) is 2.42. The molecule has 0 unspecified atom stereocenters. The average molecular weight is 265 g/mol. The number of aromatic nitrogens is 1. The van der Waals surface area contributed by atoms with Gasteiger partial charge in [0.15, 0.2) is 0 Å². The topological polar surface area (TPSA) is 28.2 Å². The van der Waals surface area contributed by atoms with Gasteiger partial charge >= 0.3 is 0 Å². The molecule has 1 N–H and O–H groups in total. The molecule has 1 aromatic rings. The van der Waals surface area contributed by atoms with Crippen LogP contribution in [0.15, 0.2) is 18.3 Å². The van der Waals surface area contributed by atoms with Crippen LogP contribution in [0.3, 0.4) is 0 Å². The highest BCUT2D eigenvalue weighted by molar-refractivity contribution is 5.16. The van der Waals surface area contributed by atoms with Crippen molar-refractivity contribution in [3.63, 3.8) is 0 Å². The van der Waals surface area contributed by atoms with E-state index in [1.165, 1.54) is 6.20 Å². The molecule has 0 spiro atoms. The lowest BCUT2D eigenvalue weighted by Gasteiger charge is -2.35. The minimum absolute atomic E-state index is 0.165. The Balaban J connectivity index is 2.15. The quantitative estimate of drug-likeness (QED) is 0.830. The molecule has 0 radical (unpaired) electrons. The van der Waals surface area contributed by atoms with Gasteiger partial charge in [0.25, 0.3) is 0 Å². The van der Waals surface area contributed by atoms with Gasteiger partial charge in [-0.1, -0.05) is 19.9 Å². The summed E-state index contributed by atoms with van der Waals surface area (Å²) in [5.74, 6) is 0.333. The predicted molar refractivity (Wildman–Crippen MR) is 75.5 cm³/mol. The summed E-state index contributed by atoms with van der Waals surface area (Å²) in [5.41, 5.74) is 0.755. The smallest absolute Gasteiger partial charge is 0.217 e. The summed E-state index contributed by atoms with van der Waals surface area (Å²) in [7, 11) is 0. The molecule has 1 fully saturated rings. The second-order valence-electron chi connectivity index (χ2n) is 5.66. The van der Waals surface area contributed by atoms with Crippen LogP contribution in [0.1, 0.15) is 38.3 Å². The number of pyridine rings is 1. The van der Waals surface area contributed by atoms with Crippen molar-refractivity contribution in [1.82, 2.24) is 15.2 Å². The Morgan fingerprint density at radius 1 is 1.32 bits per heavy atom. The maximum atomic E-state index is 14.0. The summed E-state index contributed by atoms with van der Waals surface area (Å²) in [5, 5.41) is 3.35. The molecule has 0 saturated carbocycles. The predicted octanol–water partition coefficient (Wildman–Crippen LogP) is 2.60. The SMILES string of the molecule is CC(C)CC[C@@H](c1cccnc1F)N1CCNCC1. The van der Waals surface area contributed by atoms with Gasteiger partial charge in [0, 0.05) is 44.0 Å². The molecular formula is C15H24FN3. The molecule has 19 heavy (non-hydrogen) atoms. The van der Waals surface area contributed by atoms with E-state index in [-0.39, 0.29) is 12.0 Å². The van der Waals surface area contributed by atoms with Crippen LogP contribution in [0.2, 0.25) is 0 Å². The van der Waals surface area contributed by atoms with Crippen LogP contribution in [-0.2, 0) is 0 Å². The van der Waals surface area contributed by atoms with Crippen molar-refractivity contribution in [2.45, 2.75) is 32.7 Å². The van der Waals surface area contributed by atoms with Crippen LogP contribution >= 0.6 is 0 Å². The fourth-order valence-corrected chi connectivity index (χ4v) is 2.67. The zero-order valence-electron chi connectivity index (χ0n) is 11.9. The van der Waals surface area contributed by atoms with Crippen molar-refractivity contribution in [2.75, 3.05) is 26.2 Å². The Morgan fingerprint density at radius 3 is 2.68 bits per heavy atom.